The van der Waals surface area contributed by atoms with Crippen molar-refractivity contribution in [2.75, 3.05) is 20.8 Å². The topological polar surface area (TPSA) is 77.4 Å². The van der Waals surface area contributed by atoms with E-state index in [9.17, 15) is 10.2 Å². The summed E-state index contributed by atoms with van der Waals surface area (Å²) in [6.07, 6.45) is -0.944. The van der Waals surface area contributed by atoms with Crippen LogP contribution >= 0.6 is 0 Å². The summed E-state index contributed by atoms with van der Waals surface area (Å²) in [5.74, 6) is -1.87. The van der Waals surface area contributed by atoms with Crippen molar-refractivity contribution < 1.29 is 29.2 Å². The lowest BCUT2D eigenvalue weighted by Crippen LogP contribution is -2.53. The van der Waals surface area contributed by atoms with Gasteiger partial charge < -0.3 is 29.2 Å². The van der Waals surface area contributed by atoms with Gasteiger partial charge in [-0.15, -0.1) is 0 Å². The van der Waals surface area contributed by atoms with Crippen LogP contribution in [0.4, 0.5) is 0 Å². The molecule has 4 fully saturated rings. The second kappa shape index (κ2) is 4.65. The zero-order valence-corrected chi connectivity index (χ0v) is 13.6. The van der Waals surface area contributed by atoms with E-state index in [0.717, 1.165) is 0 Å². The first-order chi connectivity index (χ1) is 10.5. The van der Waals surface area contributed by atoms with Crippen molar-refractivity contribution in [1.82, 2.24) is 0 Å². The number of ether oxygens (including phenoxy) is 4. The maximum atomic E-state index is 10.7. The highest BCUT2D eigenvalue weighted by Gasteiger charge is 2.83. The number of hydrogen-bond acceptors (Lipinski definition) is 6. The molecule has 4 rings (SSSR count). The molecule has 126 valence electrons. The molecule has 3 aliphatic carbocycles. The molecule has 6 heteroatoms. The van der Waals surface area contributed by atoms with Gasteiger partial charge in [-0.3, -0.25) is 0 Å². The maximum absolute atomic E-state index is 10.7. The van der Waals surface area contributed by atoms with Crippen LogP contribution in [0, 0.1) is 29.6 Å². The van der Waals surface area contributed by atoms with Crippen LogP contribution in [0.15, 0.2) is 0 Å². The fourth-order valence-electron chi connectivity index (χ4n) is 6.09. The molecule has 3 saturated carbocycles. The summed E-state index contributed by atoms with van der Waals surface area (Å²) >= 11 is 0. The van der Waals surface area contributed by atoms with E-state index >= 15 is 0 Å². The average molecular weight is 314 g/mol. The Hall–Kier alpha value is -0.240. The molecule has 2 N–H and O–H groups in total. The van der Waals surface area contributed by atoms with Crippen molar-refractivity contribution in [3.8, 4) is 0 Å². The molecule has 4 aliphatic rings. The van der Waals surface area contributed by atoms with Gasteiger partial charge in [-0.05, 0) is 12.8 Å². The van der Waals surface area contributed by atoms with Gasteiger partial charge in [0.25, 0.3) is 0 Å². The third-order valence-corrected chi connectivity index (χ3v) is 6.77. The van der Waals surface area contributed by atoms with Gasteiger partial charge in [0.15, 0.2) is 11.6 Å². The Bertz CT molecular complexity index is 466. The Morgan fingerprint density at radius 1 is 1.14 bits per heavy atom. The highest BCUT2D eigenvalue weighted by molar-refractivity contribution is 5.24. The van der Waals surface area contributed by atoms with Crippen LogP contribution in [0.5, 0.6) is 0 Å². The first-order valence-corrected chi connectivity index (χ1v) is 8.25. The van der Waals surface area contributed by atoms with E-state index in [4.69, 9.17) is 18.9 Å². The van der Waals surface area contributed by atoms with Crippen LogP contribution in [-0.4, -0.2) is 60.9 Å². The minimum Gasteiger partial charge on any atom is -0.392 e. The highest BCUT2D eigenvalue weighted by atomic mass is 16.7. The molecule has 1 saturated heterocycles. The Morgan fingerprint density at radius 2 is 1.82 bits per heavy atom. The van der Waals surface area contributed by atoms with Crippen molar-refractivity contribution in [3.05, 3.63) is 0 Å². The number of aliphatic hydroxyl groups excluding tert-OH is 2. The molecular weight excluding hydrogens is 288 g/mol. The van der Waals surface area contributed by atoms with Crippen LogP contribution < -0.4 is 0 Å². The molecule has 0 aromatic heterocycles. The van der Waals surface area contributed by atoms with Gasteiger partial charge in [-0.25, -0.2) is 0 Å². The fraction of sp³-hybridized carbons (Fsp3) is 1.00. The van der Waals surface area contributed by atoms with Crippen LogP contribution in [-0.2, 0) is 18.9 Å². The van der Waals surface area contributed by atoms with Crippen molar-refractivity contribution in [2.45, 2.75) is 50.2 Å². The molecule has 0 spiro atoms. The lowest BCUT2D eigenvalue weighted by molar-refractivity contribution is -0.287. The molecular formula is C16H26O6. The van der Waals surface area contributed by atoms with Gasteiger partial charge in [0.2, 0.25) is 0 Å². The molecule has 22 heavy (non-hydrogen) atoms. The van der Waals surface area contributed by atoms with Gasteiger partial charge in [0.1, 0.15) is 0 Å². The number of rotatable bonds is 4. The van der Waals surface area contributed by atoms with E-state index in [-0.39, 0.29) is 35.7 Å². The quantitative estimate of drug-likeness (QED) is 0.730. The summed E-state index contributed by atoms with van der Waals surface area (Å²) < 4.78 is 24.0. The Labute approximate surface area is 130 Å². The van der Waals surface area contributed by atoms with Crippen LogP contribution in [0.2, 0.25) is 0 Å². The van der Waals surface area contributed by atoms with Crippen molar-refractivity contribution in [3.63, 3.8) is 0 Å². The Kier molecular flexibility index (Phi) is 3.23. The number of hydrogen-bond donors (Lipinski definition) is 2. The molecule has 0 radical (unpaired) electrons. The lowest BCUT2D eigenvalue weighted by atomic mass is 9.64. The van der Waals surface area contributed by atoms with Crippen LogP contribution in [0.25, 0.3) is 0 Å². The molecule has 2 bridgehead atoms. The summed E-state index contributed by atoms with van der Waals surface area (Å²) in [6.45, 7) is 4.36. The summed E-state index contributed by atoms with van der Waals surface area (Å²) in [6, 6.07) is 0. The molecule has 1 heterocycles. The first-order valence-electron chi connectivity index (χ1n) is 8.25. The van der Waals surface area contributed by atoms with Crippen LogP contribution in [0.3, 0.4) is 0 Å². The van der Waals surface area contributed by atoms with Gasteiger partial charge >= 0.3 is 0 Å². The summed E-state index contributed by atoms with van der Waals surface area (Å²) in [5, 5.41) is 21.3. The minimum absolute atomic E-state index is 0.00593. The van der Waals surface area contributed by atoms with E-state index in [1.54, 1.807) is 14.2 Å². The highest BCUT2D eigenvalue weighted by Crippen LogP contribution is 2.73. The van der Waals surface area contributed by atoms with E-state index in [1.165, 1.54) is 0 Å². The molecule has 0 aromatic carbocycles. The first kappa shape index (κ1) is 15.3. The Balaban J connectivity index is 1.85. The number of aliphatic hydroxyl groups is 2. The molecule has 6 nitrogen and oxygen atoms in total. The number of fused-ring (bicyclic) bond motifs is 2. The molecule has 4 unspecified atom stereocenters. The van der Waals surface area contributed by atoms with E-state index in [2.05, 4.69) is 0 Å². The third kappa shape index (κ3) is 1.43. The standard InChI is InChI=1S/C16H26O6/c1-5-21-15-6-8-9-10(14(15)16(8,19-3)20-4)13(22-15)12(18)7(2)11(9)17/h7-14,17-18H,5-6H2,1-4H3/t7-,8+,9?,10?,11-,12-,13?,14-,15?/m1/s1. The number of methoxy groups -OCH3 is 2. The van der Waals surface area contributed by atoms with Crippen molar-refractivity contribution >= 4 is 0 Å². The van der Waals surface area contributed by atoms with Crippen molar-refractivity contribution in [2.24, 2.45) is 29.6 Å². The zero-order valence-electron chi connectivity index (χ0n) is 13.6. The van der Waals surface area contributed by atoms with E-state index in [1.807, 2.05) is 13.8 Å². The van der Waals surface area contributed by atoms with Gasteiger partial charge in [0.05, 0.1) is 24.2 Å². The minimum atomic E-state index is -0.802. The average Bonchev–Trinajstić information content (AvgIpc) is 3.04. The smallest absolute Gasteiger partial charge is 0.179 e. The second-order valence-corrected chi connectivity index (χ2v) is 7.24. The third-order valence-electron chi connectivity index (χ3n) is 6.77. The lowest BCUT2D eigenvalue weighted by Gasteiger charge is -2.43. The van der Waals surface area contributed by atoms with Gasteiger partial charge in [-0.2, -0.15) is 0 Å². The molecule has 1 aliphatic heterocycles. The van der Waals surface area contributed by atoms with Crippen molar-refractivity contribution in [1.29, 1.82) is 0 Å². The summed E-state index contributed by atoms with van der Waals surface area (Å²) in [5.41, 5.74) is 0. The predicted molar refractivity (Wildman–Crippen MR) is 75.7 cm³/mol. The van der Waals surface area contributed by atoms with Gasteiger partial charge in [0, 0.05) is 45.0 Å². The van der Waals surface area contributed by atoms with Gasteiger partial charge in [-0.1, -0.05) is 6.92 Å². The monoisotopic (exact) mass is 314 g/mol. The fourth-order valence-corrected chi connectivity index (χ4v) is 6.09. The van der Waals surface area contributed by atoms with Crippen LogP contribution in [0.1, 0.15) is 20.3 Å². The van der Waals surface area contributed by atoms with E-state index < -0.39 is 23.8 Å². The summed E-state index contributed by atoms with van der Waals surface area (Å²) in [4.78, 5) is 0. The Morgan fingerprint density at radius 3 is 2.41 bits per heavy atom. The van der Waals surface area contributed by atoms with E-state index in [0.29, 0.717) is 13.0 Å². The second-order valence-electron chi connectivity index (χ2n) is 7.24. The molecule has 0 aromatic rings. The summed E-state index contributed by atoms with van der Waals surface area (Å²) in [7, 11) is 3.30. The molecule has 9 atom stereocenters. The molecule has 0 amide bonds. The normalized spacial score (nSPS) is 57.5. The maximum Gasteiger partial charge on any atom is 0.179 e. The zero-order chi connectivity index (χ0) is 15.9. The largest absolute Gasteiger partial charge is 0.392 e. The predicted octanol–water partition coefficient (Wildman–Crippen LogP) is 0.361. The SMILES string of the molecule is CCOC12C[C@H]3C4C(C(O1)[C@H](O)[C@H](C)[C@H]4O)[C@H]2C3(OC)OC.